The number of ether oxygens (including phenoxy) is 1. The minimum atomic E-state index is -4.45. The summed E-state index contributed by atoms with van der Waals surface area (Å²) in [5.74, 6) is -2.40. The summed E-state index contributed by atoms with van der Waals surface area (Å²) >= 11 is 2.80. The maximum atomic E-state index is 13.7. The molecule has 4 amide bonds. The lowest BCUT2D eigenvalue weighted by molar-refractivity contribution is -0.137. The van der Waals surface area contributed by atoms with Gasteiger partial charge in [-0.1, -0.05) is 24.3 Å². The summed E-state index contributed by atoms with van der Waals surface area (Å²) in [5.41, 5.74) is 22.3. The van der Waals surface area contributed by atoms with Crippen LogP contribution in [-0.2, 0) is 27.2 Å². The van der Waals surface area contributed by atoms with E-state index in [-0.39, 0.29) is 32.0 Å². The Hall–Kier alpha value is -5.20. The molecule has 4 rings (SSSR count). The van der Waals surface area contributed by atoms with E-state index in [0.717, 1.165) is 21.5 Å². The standard InChI is InChI=1S/C35H41F3N8O5S2/c36-35(37,38)23-10-6-20(7-11-23)19-51-24-12-8-21(9-13-24)28(29(40)47)46-31(49)25(4-1-2-15-39)44-30(48)26(5-3-16-43-34(41)42)45-32(50)27-18-22-14-17-52-33(22)53-27/h6-14,17-18,25-26,28H,1-5,15-16,19,39H2,(H2,40,47)(H,44,48)(H,45,50)(H,46,49)(H4,41,42,43)/t25-,26-,28+/m0/s1. The summed E-state index contributed by atoms with van der Waals surface area (Å²) in [6, 6.07) is 10.8. The first kappa shape index (κ1) is 40.6. The van der Waals surface area contributed by atoms with Gasteiger partial charge in [-0.15, -0.1) is 22.7 Å². The predicted octanol–water partition coefficient (Wildman–Crippen LogP) is 3.67. The lowest BCUT2D eigenvalue weighted by Crippen LogP contribution is -2.54. The summed E-state index contributed by atoms with van der Waals surface area (Å²) in [6.07, 6.45) is -2.76. The number of fused-ring (bicyclic) bond motifs is 1. The summed E-state index contributed by atoms with van der Waals surface area (Å²) < 4.78 is 45.2. The number of thiophene rings is 2. The molecule has 0 saturated carbocycles. The first-order valence-electron chi connectivity index (χ1n) is 16.6. The molecule has 18 heteroatoms. The summed E-state index contributed by atoms with van der Waals surface area (Å²) in [6.45, 7) is 0.538. The third-order valence-corrected chi connectivity index (χ3v) is 10.2. The van der Waals surface area contributed by atoms with Gasteiger partial charge in [-0.25, -0.2) is 0 Å². The van der Waals surface area contributed by atoms with Crippen molar-refractivity contribution in [1.29, 1.82) is 0 Å². The van der Waals surface area contributed by atoms with Crippen LogP contribution in [0.4, 0.5) is 13.2 Å². The molecule has 3 atom stereocenters. The molecule has 2 aromatic carbocycles. The number of benzene rings is 2. The van der Waals surface area contributed by atoms with Gasteiger partial charge in [0.15, 0.2) is 5.96 Å². The molecule has 53 heavy (non-hydrogen) atoms. The van der Waals surface area contributed by atoms with Gasteiger partial charge in [0.2, 0.25) is 17.7 Å². The molecule has 0 aliphatic heterocycles. The number of nitrogens with one attached hydrogen (secondary N) is 3. The fourth-order valence-corrected chi connectivity index (χ4v) is 7.20. The van der Waals surface area contributed by atoms with Gasteiger partial charge in [0.05, 0.1) is 14.5 Å². The summed E-state index contributed by atoms with van der Waals surface area (Å²) in [4.78, 5) is 57.5. The van der Waals surface area contributed by atoms with Gasteiger partial charge in [-0.2, -0.15) is 13.2 Å². The van der Waals surface area contributed by atoms with Crippen LogP contribution >= 0.6 is 22.7 Å². The second kappa shape index (κ2) is 19.0. The molecule has 0 aliphatic carbocycles. The number of hydrogen-bond acceptors (Lipinski definition) is 9. The SMILES string of the molecule is NCCCC[C@H](NC(=O)[C@H](CCCN=C(N)N)NC(=O)c1cc2ccsc2s1)C(=O)N[C@@H](C(N)=O)c1ccc(OCc2ccc(C(F)(F)F)cc2)cc1. The molecule has 284 valence electrons. The summed E-state index contributed by atoms with van der Waals surface area (Å²) in [5, 5.41) is 11.0. The first-order valence-corrected chi connectivity index (χ1v) is 18.3. The van der Waals surface area contributed by atoms with E-state index >= 15 is 0 Å². The fraction of sp³-hybridized carbons (Fsp3) is 0.343. The van der Waals surface area contributed by atoms with Crippen LogP contribution in [0.25, 0.3) is 9.40 Å². The second-order valence-electron chi connectivity index (χ2n) is 12.0. The minimum Gasteiger partial charge on any atom is -0.489 e. The zero-order chi connectivity index (χ0) is 38.5. The molecule has 0 radical (unpaired) electrons. The average molecular weight is 775 g/mol. The van der Waals surface area contributed by atoms with E-state index in [4.69, 9.17) is 27.7 Å². The van der Waals surface area contributed by atoms with Crippen molar-refractivity contribution in [1.82, 2.24) is 16.0 Å². The van der Waals surface area contributed by atoms with Crippen LogP contribution in [0.1, 0.15) is 64.5 Å². The number of alkyl halides is 3. The highest BCUT2D eigenvalue weighted by atomic mass is 32.2. The van der Waals surface area contributed by atoms with Gasteiger partial charge >= 0.3 is 6.18 Å². The maximum absolute atomic E-state index is 13.7. The number of primary amides is 1. The number of unbranched alkanes of at least 4 members (excludes halogenated alkanes) is 1. The first-order chi connectivity index (χ1) is 25.2. The molecule has 0 aliphatic rings. The second-order valence-corrected chi connectivity index (χ2v) is 14.2. The van der Waals surface area contributed by atoms with Crippen LogP contribution in [0.3, 0.4) is 0 Å². The zero-order valence-electron chi connectivity index (χ0n) is 28.5. The van der Waals surface area contributed by atoms with Crippen molar-refractivity contribution >= 4 is 61.7 Å². The molecule has 0 fully saturated rings. The maximum Gasteiger partial charge on any atom is 0.416 e. The smallest absolute Gasteiger partial charge is 0.416 e. The quantitative estimate of drug-likeness (QED) is 0.0421. The molecular weight excluding hydrogens is 734 g/mol. The Kier molecular flexibility index (Phi) is 14.6. The Labute approximate surface area is 311 Å². The van der Waals surface area contributed by atoms with E-state index in [1.54, 1.807) is 6.07 Å². The van der Waals surface area contributed by atoms with Crippen LogP contribution in [-0.4, -0.2) is 54.8 Å². The van der Waals surface area contributed by atoms with Crippen molar-refractivity contribution in [2.24, 2.45) is 27.9 Å². The molecule has 4 aromatic rings. The van der Waals surface area contributed by atoms with Crippen molar-refractivity contribution < 1.29 is 37.1 Å². The number of aliphatic imine (C=N–C) groups is 1. The molecule has 0 bridgehead atoms. The van der Waals surface area contributed by atoms with Gasteiger partial charge in [-0.3, -0.25) is 24.2 Å². The molecule has 13 nitrogen and oxygen atoms in total. The fourth-order valence-electron chi connectivity index (χ4n) is 5.19. The molecule has 0 spiro atoms. The van der Waals surface area contributed by atoms with Gasteiger partial charge in [0, 0.05) is 11.9 Å². The van der Waals surface area contributed by atoms with Gasteiger partial charge < -0.3 is 43.6 Å². The Balaban J connectivity index is 1.44. The van der Waals surface area contributed by atoms with Crippen molar-refractivity contribution in [3.05, 3.63) is 87.6 Å². The predicted molar refractivity (Wildman–Crippen MR) is 198 cm³/mol. The average Bonchev–Trinajstić information content (AvgIpc) is 3.74. The zero-order valence-corrected chi connectivity index (χ0v) is 30.1. The van der Waals surface area contributed by atoms with E-state index in [9.17, 15) is 32.3 Å². The number of amides is 4. The Bertz CT molecular complexity index is 1850. The topological polar surface area (TPSA) is 230 Å². The van der Waals surface area contributed by atoms with Crippen molar-refractivity contribution in [2.45, 2.75) is 63.0 Å². The van der Waals surface area contributed by atoms with E-state index in [1.165, 1.54) is 59.1 Å². The Morgan fingerprint density at radius 2 is 1.49 bits per heavy atom. The number of nitrogens with zero attached hydrogens (tertiary/aromatic N) is 1. The lowest BCUT2D eigenvalue weighted by Gasteiger charge is -2.25. The van der Waals surface area contributed by atoms with Crippen LogP contribution in [0, 0.1) is 0 Å². The molecule has 2 aromatic heterocycles. The highest BCUT2D eigenvalue weighted by molar-refractivity contribution is 7.38. The van der Waals surface area contributed by atoms with E-state index in [1.807, 2.05) is 11.4 Å². The van der Waals surface area contributed by atoms with Crippen LogP contribution in [0.2, 0.25) is 0 Å². The molecular formula is C35H41F3N8O5S2. The number of halogens is 3. The van der Waals surface area contributed by atoms with Crippen molar-refractivity contribution in [2.75, 3.05) is 13.1 Å². The van der Waals surface area contributed by atoms with E-state index in [0.29, 0.717) is 47.6 Å². The van der Waals surface area contributed by atoms with Gasteiger partial charge in [0.25, 0.3) is 5.91 Å². The third-order valence-electron chi connectivity index (χ3n) is 7.99. The van der Waals surface area contributed by atoms with Crippen LogP contribution < -0.4 is 43.6 Å². The number of nitrogens with two attached hydrogens (primary N) is 4. The van der Waals surface area contributed by atoms with Crippen LogP contribution in [0.15, 0.2) is 71.0 Å². The monoisotopic (exact) mass is 774 g/mol. The number of guanidine groups is 1. The molecule has 0 unspecified atom stereocenters. The van der Waals surface area contributed by atoms with Crippen LogP contribution in [0.5, 0.6) is 5.75 Å². The van der Waals surface area contributed by atoms with Crippen molar-refractivity contribution in [3.8, 4) is 5.75 Å². The summed E-state index contributed by atoms with van der Waals surface area (Å²) in [7, 11) is 0. The van der Waals surface area contributed by atoms with Gasteiger partial charge in [-0.05, 0) is 91.6 Å². The molecule has 0 saturated heterocycles. The molecule has 2 heterocycles. The van der Waals surface area contributed by atoms with E-state index in [2.05, 4.69) is 20.9 Å². The third kappa shape index (κ3) is 12.2. The number of carbonyl (C=O) groups is 4. The lowest BCUT2D eigenvalue weighted by atomic mass is 10.0. The number of rotatable bonds is 19. The number of hydrogen-bond donors (Lipinski definition) is 7. The normalized spacial score (nSPS) is 13.1. The molecule has 11 N–H and O–H groups in total. The minimum absolute atomic E-state index is 0.0147. The number of carbonyl (C=O) groups excluding carboxylic acids is 4. The highest BCUT2D eigenvalue weighted by Crippen LogP contribution is 2.31. The van der Waals surface area contributed by atoms with Gasteiger partial charge in [0.1, 0.15) is 30.5 Å². The van der Waals surface area contributed by atoms with E-state index < -0.39 is 53.5 Å². The Morgan fingerprint density at radius 3 is 2.11 bits per heavy atom. The van der Waals surface area contributed by atoms with Crippen molar-refractivity contribution in [3.63, 3.8) is 0 Å². The Morgan fingerprint density at radius 1 is 0.830 bits per heavy atom. The largest absolute Gasteiger partial charge is 0.489 e. The highest BCUT2D eigenvalue weighted by Gasteiger charge is 2.31.